The molecule has 0 saturated carbocycles. The first-order valence-corrected chi connectivity index (χ1v) is 7.02. The number of aromatic nitrogens is 2. The molecule has 1 amide bonds. The molecule has 24 heavy (non-hydrogen) atoms. The van der Waals surface area contributed by atoms with Gasteiger partial charge in [-0.3, -0.25) is 9.89 Å². The second-order valence-electron chi connectivity index (χ2n) is 5.08. The van der Waals surface area contributed by atoms with Crippen molar-refractivity contribution < 1.29 is 18.0 Å². The molecule has 1 aromatic heterocycles. The monoisotopic (exact) mass is 331 g/mol. The molecule has 0 radical (unpaired) electrons. The zero-order valence-electron chi connectivity index (χ0n) is 12.3. The number of anilines is 1. The van der Waals surface area contributed by atoms with Gasteiger partial charge in [-0.25, -0.2) is 0 Å². The van der Waals surface area contributed by atoms with Crippen molar-refractivity contribution in [3.63, 3.8) is 0 Å². The molecule has 0 aliphatic carbocycles. The van der Waals surface area contributed by atoms with E-state index in [2.05, 4.69) is 15.5 Å². The van der Waals surface area contributed by atoms with E-state index >= 15 is 0 Å². The molecule has 4 nitrogen and oxygen atoms in total. The highest BCUT2D eigenvalue weighted by Gasteiger charge is 2.30. The van der Waals surface area contributed by atoms with Gasteiger partial charge in [-0.15, -0.1) is 0 Å². The molecule has 2 aromatic carbocycles. The summed E-state index contributed by atoms with van der Waals surface area (Å²) >= 11 is 0. The largest absolute Gasteiger partial charge is 0.416 e. The second kappa shape index (κ2) is 6.19. The minimum atomic E-state index is -4.42. The number of nitrogens with one attached hydrogen (secondary N) is 2. The Morgan fingerprint density at radius 2 is 1.62 bits per heavy atom. The Hall–Kier alpha value is -3.09. The molecule has 0 aliphatic heterocycles. The maximum atomic E-state index is 12.5. The Morgan fingerprint density at radius 1 is 0.958 bits per heavy atom. The fourth-order valence-electron chi connectivity index (χ4n) is 2.16. The molecule has 0 saturated heterocycles. The van der Waals surface area contributed by atoms with Gasteiger partial charge in [-0.1, -0.05) is 12.1 Å². The highest BCUT2D eigenvalue weighted by molar-refractivity contribution is 6.04. The summed E-state index contributed by atoms with van der Waals surface area (Å²) in [6.07, 6.45) is -2.78. The Labute approximate surface area is 135 Å². The van der Waals surface area contributed by atoms with Crippen LogP contribution in [0.25, 0.3) is 11.3 Å². The topological polar surface area (TPSA) is 57.8 Å². The fraction of sp³-hybridized carbons (Fsp3) is 0.0588. The molecule has 2 N–H and O–H groups in total. The van der Waals surface area contributed by atoms with E-state index in [1.165, 1.54) is 0 Å². The summed E-state index contributed by atoms with van der Waals surface area (Å²) < 4.78 is 37.5. The Kier molecular flexibility index (Phi) is 4.07. The van der Waals surface area contributed by atoms with Crippen LogP contribution in [0.15, 0.2) is 60.8 Å². The van der Waals surface area contributed by atoms with Crippen LogP contribution < -0.4 is 5.32 Å². The van der Waals surface area contributed by atoms with Crippen LogP contribution in [-0.2, 0) is 6.18 Å². The summed E-state index contributed by atoms with van der Waals surface area (Å²) in [7, 11) is 0. The van der Waals surface area contributed by atoms with Gasteiger partial charge in [0.15, 0.2) is 0 Å². The average molecular weight is 331 g/mol. The predicted octanol–water partition coefficient (Wildman–Crippen LogP) is 4.35. The van der Waals surface area contributed by atoms with Crippen LogP contribution in [0.5, 0.6) is 0 Å². The molecule has 0 atom stereocenters. The van der Waals surface area contributed by atoms with Crippen molar-refractivity contribution >= 4 is 11.6 Å². The number of benzene rings is 2. The lowest BCUT2D eigenvalue weighted by molar-refractivity contribution is -0.137. The molecule has 7 heteroatoms. The van der Waals surface area contributed by atoms with Crippen LogP contribution in [0.1, 0.15) is 15.9 Å². The second-order valence-corrected chi connectivity index (χ2v) is 5.08. The number of amides is 1. The minimum Gasteiger partial charge on any atom is -0.322 e. The number of alkyl halides is 3. The third kappa shape index (κ3) is 3.45. The lowest BCUT2D eigenvalue weighted by atomic mass is 10.1. The number of H-pyrrole nitrogens is 1. The SMILES string of the molecule is O=C(Nc1ccc(-c2ccn[nH]2)cc1)c1ccc(C(F)(F)F)cc1. The molecule has 0 bridgehead atoms. The Balaban J connectivity index is 1.70. The van der Waals surface area contributed by atoms with E-state index in [0.717, 1.165) is 35.5 Å². The molecule has 3 rings (SSSR count). The third-order valence-electron chi connectivity index (χ3n) is 3.43. The van der Waals surface area contributed by atoms with Crippen molar-refractivity contribution in [2.24, 2.45) is 0 Å². The zero-order valence-corrected chi connectivity index (χ0v) is 12.3. The molecule has 122 valence electrons. The number of aromatic amines is 1. The smallest absolute Gasteiger partial charge is 0.322 e. The van der Waals surface area contributed by atoms with E-state index < -0.39 is 17.6 Å². The lowest BCUT2D eigenvalue weighted by Gasteiger charge is -2.09. The number of hydrogen-bond acceptors (Lipinski definition) is 2. The standard InChI is InChI=1S/C17H12F3N3O/c18-17(19,20)13-5-1-12(2-6-13)16(24)22-14-7-3-11(4-8-14)15-9-10-21-23-15/h1-10H,(H,21,23)(H,22,24). The van der Waals surface area contributed by atoms with Crippen molar-refractivity contribution in [1.82, 2.24) is 10.2 Å². The van der Waals surface area contributed by atoms with Crippen molar-refractivity contribution in [2.45, 2.75) is 6.18 Å². The van der Waals surface area contributed by atoms with Gasteiger partial charge in [0.25, 0.3) is 5.91 Å². The number of rotatable bonds is 3. The molecule has 0 spiro atoms. The molecular weight excluding hydrogens is 319 g/mol. The Bertz CT molecular complexity index is 823. The first-order chi connectivity index (χ1) is 11.4. The van der Waals surface area contributed by atoms with Gasteiger partial charge in [-0.05, 0) is 48.0 Å². The molecule has 0 fully saturated rings. The van der Waals surface area contributed by atoms with Crippen molar-refractivity contribution in [1.29, 1.82) is 0 Å². The molecule has 0 aliphatic rings. The van der Waals surface area contributed by atoms with Crippen molar-refractivity contribution in [2.75, 3.05) is 5.32 Å². The van der Waals surface area contributed by atoms with Crippen molar-refractivity contribution in [3.05, 3.63) is 71.9 Å². The highest BCUT2D eigenvalue weighted by Crippen LogP contribution is 2.29. The minimum absolute atomic E-state index is 0.153. The van der Waals surface area contributed by atoms with E-state index in [-0.39, 0.29) is 5.56 Å². The van der Waals surface area contributed by atoms with Crippen LogP contribution in [0, 0.1) is 0 Å². The van der Waals surface area contributed by atoms with Crippen molar-refractivity contribution in [3.8, 4) is 11.3 Å². The summed E-state index contributed by atoms with van der Waals surface area (Å²) in [4.78, 5) is 12.1. The average Bonchev–Trinajstić information content (AvgIpc) is 3.09. The van der Waals surface area contributed by atoms with Gasteiger partial charge in [0.2, 0.25) is 0 Å². The fourth-order valence-corrected chi connectivity index (χ4v) is 2.16. The van der Waals surface area contributed by atoms with Crippen LogP contribution >= 0.6 is 0 Å². The van der Waals surface area contributed by atoms with Gasteiger partial charge >= 0.3 is 6.18 Å². The first-order valence-electron chi connectivity index (χ1n) is 7.02. The number of halogens is 3. The first kappa shape index (κ1) is 15.8. The number of carbonyl (C=O) groups is 1. The van der Waals surface area contributed by atoms with Crippen LogP contribution in [0.4, 0.5) is 18.9 Å². The summed E-state index contributed by atoms with van der Waals surface area (Å²) in [6.45, 7) is 0. The normalized spacial score (nSPS) is 11.3. The molecule has 3 aromatic rings. The maximum absolute atomic E-state index is 12.5. The number of nitrogens with zero attached hydrogens (tertiary/aromatic N) is 1. The molecular formula is C17H12F3N3O. The molecule has 1 heterocycles. The zero-order chi connectivity index (χ0) is 17.2. The quantitative estimate of drug-likeness (QED) is 0.750. The number of carbonyl (C=O) groups excluding carboxylic acids is 1. The van der Waals surface area contributed by atoms with Crippen LogP contribution in [0.3, 0.4) is 0 Å². The van der Waals surface area contributed by atoms with Gasteiger partial charge < -0.3 is 5.32 Å². The highest BCUT2D eigenvalue weighted by atomic mass is 19.4. The molecule has 0 unspecified atom stereocenters. The maximum Gasteiger partial charge on any atom is 0.416 e. The van der Waals surface area contributed by atoms with Crippen LogP contribution in [0.2, 0.25) is 0 Å². The van der Waals surface area contributed by atoms with E-state index in [0.29, 0.717) is 5.69 Å². The van der Waals surface area contributed by atoms with Gasteiger partial charge in [0.1, 0.15) is 0 Å². The summed E-state index contributed by atoms with van der Waals surface area (Å²) in [5.41, 5.74) is 1.66. The third-order valence-corrected chi connectivity index (χ3v) is 3.43. The van der Waals surface area contributed by atoms with Crippen LogP contribution in [-0.4, -0.2) is 16.1 Å². The summed E-state index contributed by atoms with van der Waals surface area (Å²) in [6, 6.07) is 12.9. The van der Waals surface area contributed by atoms with E-state index in [9.17, 15) is 18.0 Å². The predicted molar refractivity (Wildman–Crippen MR) is 83.4 cm³/mol. The van der Waals surface area contributed by atoms with E-state index in [4.69, 9.17) is 0 Å². The van der Waals surface area contributed by atoms with Gasteiger partial charge in [0.05, 0.1) is 11.3 Å². The Morgan fingerprint density at radius 3 is 2.17 bits per heavy atom. The van der Waals surface area contributed by atoms with E-state index in [1.54, 1.807) is 30.5 Å². The summed E-state index contributed by atoms with van der Waals surface area (Å²) in [5, 5.41) is 9.33. The van der Waals surface area contributed by atoms with E-state index in [1.807, 2.05) is 6.07 Å². The number of hydrogen-bond donors (Lipinski definition) is 2. The van der Waals surface area contributed by atoms with Gasteiger partial charge in [0, 0.05) is 17.4 Å². The lowest BCUT2D eigenvalue weighted by Crippen LogP contribution is -2.12. The van der Waals surface area contributed by atoms with Gasteiger partial charge in [-0.2, -0.15) is 18.3 Å². The summed E-state index contributed by atoms with van der Waals surface area (Å²) in [5.74, 6) is -0.474.